The van der Waals surface area contributed by atoms with Crippen molar-refractivity contribution in [2.75, 3.05) is 0 Å². The highest BCUT2D eigenvalue weighted by atomic mass is 32.2. The molecule has 0 fully saturated rings. The number of hydrogen-bond acceptors (Lipinski definition) is 3. The van der Waals surface area contributed by atoms with E-state index in [4.69, 9.17) is 9.97 Å². The lowest BCUT2D eigenvalue weighted by molar-refractivity contribution is 1.01. The maximum Gasteiger partial charge on any atom is 0.235 e. The Morgan fingerprint density at radius 2 is 1.24 bits per heavy atom. The quantitative estimate of drug-likeness (QED) is 0.185. The highest BCUT2D eigenvalue weighted by Gasteiger charge is 2.26. The van der Waals surface area contributed by atoms with E-state index in [1.165, 1.54) is 64.0 Å². The summed E-state index contributed by atoms with van der Waals surface area (Å²) in [6.45, 7) is 0. The van der Waals surface area contributed by atoms with Gasteiger partial charge in [-0.1, -0.05) is 115 Å². The molecule has 1 aliphatic heterocycles. The molecule has 2 aromatic heterocycles. The fourth-order valence-corrected chi connectivity index (χ4v) is 8.90. The van der Waals surface area contributed by atoms with Crippen LogP contribution in [-0.2, 0) is 0 Å². The summed E-state index contributed by atoms with van der Waals surface area (Å²) in [6.07, 6.45) is 0. The van der Waals surface area contributed by atoms with Crippen molar-refractivity contribution in [3.05, 3.63) is 140 Å². The molecule has 0 saturated heterocycles. The van der Waals surface area contributed by atoms with Crippen LogP contribution in [0.5, 0.6) is 0 Å². The lowest BCUT2D eigenvalue weighted by Gasteiger charge is -2.20. The van der Waals surface area contributed by atoms with E-state index in [-0.39, 0.29) is 0 Å². The molecule has 3 nitrogen and oxygen atoms in total. The predicted molar refractivity (Wildman–Crippen MR) is 193 cm³/mol. The minimum atomic E-state index is 0.700. The third-order valence-corrected chi connectivity index (χ3v) is 10.9. The molecule has 8 aromatic carbocycles. The number of benzene rings is 8. The predicted octanol–water partition coefficient (Wildman–Crippen LogP) is 11.4. The van der Waals surface area contributed by atoms with Crippen molar-refractivity contribution in [1.82, 2.24) is 14.5 Å². The molecule has 0 aliphatic carbocycles. The van der Waals surface area contributed by atoms with E-state index in [9.17, 15) is 0 Å². The van der Waals surface area contributed by atoms with Crippen molar-refractivity contribution in [3.63, 3.8) is 0 Å². The van der Waals surface area contributed by atoms with E-state index in [2.05, 4.69) is 144 Å². The second kappa shape index (κ2) is 8.94. The summed E-state index contributed by atoms with van der Waals surface area (Å²) >= 11 is 1.80. The Hall–Kier alpha value is -5.71. The maximum absolute atomic E-state index is 5.44. The number of fused-ring (bicyclic) bond motifs is 7. The second-order valence-corrected chi connectivity index (χ2v) is 13.2. The summed E-state index contributed by atoms with van der Waals surface area (Å²) in [5, 5.41) is 11.3. The van der Waals surface area contributed by atoms with Gasteiger partial charge in [0.15, 0.2) is 0 Å². The Bertz CT molecular complexity index is 2890. The Morgan fingerprint density at radius 1 is 0.457 bits per heavy atom. The van der Waals surface area contributed by atoms with E-state index in [1.54, 1.807) is 11.8 Å². The Balaban J connectivity index is 1.36. The van der Waals surface area contributed by atoms with E-state index in [1.807, 2.05) is 0 Å². The summed E-state index contributed by atoms with van der Waals surface area (Å²) in [5.74, 6) is 0.700. The van der Waals surface area contributed by atoms with E-state index in [0.29, 0.717) is 5.95 Å². The van der Waals surface area contributed by atoms with Gasteiger partial charge in [0.25, 0.3) is 0 Å². The molecule has 10 aromatic rings. The van der Waals surface area contributed by atoms with Gasteiger partial charge in [-0.05, 0) is 79.8 Å². The average Bonchev–Trinajstić information content (AvgIpc) is 3.46. The Kier molecular flexibility index (Phi) is 4.78. The first-order valence-electron chi connectivity index (χ1n) is 15.6. The summed E-state index contributed by atoms with van der Waals surface area (Å²) in [6, 6.07) is 50.5. The first-order chi connectivity index (χ1) is 22.8. The van der Waals surface area contributed by atoms with Crippen LogP contribution in [0.2, 0.25) is 0 Å². The van der Waals surface area contributed by atoms with Gasteiger partial charge < -0.3 is 0 Å². The first-order valence-corrected chi connectivity index (χ1v) is 16.4. The number of aromatic nitrogens is 3. The zero-order valence-corrected chi connectivity index (χ0v) is 25.3. The van der Waals surface area contributed by atoms with Crippen molar-refractivity contribution in [2.24, 2.45) is 0 Å². The van der Waals surface area contributed by atoms with Crippen LogP contribution >= 0.6 is 11.8 Å². The number of nitrogens with zero attached hydrogens (tertiary/aromatic N) is 3. The largest absolute Gasteiger partial charge is 0.278 e. The van der Waals surface area contributed by atoms with Gasteiger partial charge in [-0.2, -0.15) is 0 Å². The second-order valence-electron chi connectivity index (χ2n) is 12.1. The average molecular weight is 602 g/mol. The number of hydrogen-bond donors (Lipinski definition) is 0. The summed E-state index contributed by atoms with van der Waals surface area (Å²) < 4.78 is 2.31. The van der Waals surface area contributed by atoms with E-state index >= 15 is 0 Å². The van der Waals surface area contributed by atoms with Crippen LogP contribution in [0.15, 0.2) is 149 Å². The molecular formula is C42H23N3S. The Labute approximate surface area is 268 Å². The molecule has 0 spiro atoms. The smallest absolute Gasteiger partial charge is 0.235 e. The molecule has 0 atom stereocenters. The molecule has 0 unspecified atom stereocenters. The van der Waals surface area contributed by atoms with Crippen LogP contribution < -0.4 is 0 Å². The minimum Gasteiger partial charge on any atom is -0.278 e. The van der Waals surface area contributed by atoms with Crippen molar-refractivity contribution in [2.45, 2.75) is 9.79 Å². The van der Waals surface area contributed by atoms with Crippen molar-refractivity contribution >= 4 is 76.8 Å². The normalized spacial score (nSPS) is 12.7. The fourth-order valence-electron chi connectivity index (χ4n) is 7.79. The molecule has 0 radical (unpaired) electrons. The van der Waals surface area contributed by atoms with Crippen molar-refractivity contribution in [3.8, 4) is 28.3 Å². The van der Waals surface area contributed by atoms with Gasteiger partial charge in [-0.25, -0.2) is 9.97 Å². The molecule has 11 rings (SSSR count). The van der Waals surface area contributed by atoms with E-state index in [0.717, 1.165) is 33.2 Å². The highest BCUT2D eigenvalue weighted by molar-refractivity contribution is 7.99. The van der Waals surface area contributed by atoms with Gasteiger partial charge in [0.1, 0.15) is 0 Å². The monoisotopic (exact) mass is 601 g/mol. The molecule has 0 bridgehead atoms. The van der Waals surface area contributed by atoms with Gasteiger partial charge >= 0.3 is 0 Å². The standard InChI is InChI=1S/C42H23N3S/c1-2-10-24(11-3-1)26-22-31-28-21-20-25-12-4-5-13-27(25)37(28)30-15-8-17-33-38(30)39(31)34(23-26)45(33)42-43-32-16-9-19-36-40(32)41(44-42)29-14-6-7-18-35(29)46-36/h1-23H. The van der Waals surface area contributed by atoms with Crippen LogP contribution in [0.3, 0.4) is 0 Å². The van der Waals surface area contributed by atoms with Gasteiger partial charge in [0.05, 0.1) is 22.2 Å². The fraction of sp³-hybridized carbons (Fsp3) is 0. The molecule has 46 heavy (non-hydrogen) atoms. The van der Waals surface area contributed by atoms with Crippen LogP contribution in [0.1, 0.15) is 0 Å². The van der Waals surface area contributed by atoms with Gasteiger partial charge in [0, 0.05) is 31.5 Å². The summed E-state index contributed by atoms with van der Waals surface area (Å²) in [7, 11) is 0. The van der Waals surface area contributed by atoms with E-state index < -0.39 is 0 Å². The van der Waals surface area contributed by atoms with Crippen LogP contribution in [0.4, 0.5) is 0 Å². The maximum atomic E-state index is 5.44. The summed E-state index contributed by atoms with van der Waals surface area (Å²) in [5.41, 5.74) is 7.75. The van der Waals surface area contributed by atoms with Crippen LogP contribution in [0, 0.1) is 0 Å². The minimum absolute atomic E-state index is 0.700. The molecule has 3 heterocycles. The lowest BCUT2D eigenvalue weighted by atomic mass is 9.89. The first kappa shape index (κ1) is 24.6. The summed E-state index contributed by atoms with van der Waals surface area (Å²) in [4.78, 5) is 13.2. The number of rotatable bonds is 2. The third-order valence-electron chi connectivity index (χ3n) is 9.72. The molecule has 0 N–H and O–H groups in total. The molecule has 0 saturated carbocycles. The third kappa shape index (κ3) is 3.19. The SMILES string of the molecule is c1ccc(-c2cc3c4ccc5ccccc5c4c4cccc5c4c3c(c2)n5-c2nc3c4c(cccc4n2)Sc2ccccc2-3)cc1. The topological polar surface area (TPSA) is 30.7 Å². The van der Waals surface area contributed by atoms with Gasteiger partial charge in [-0.15, -0.1) is 0 Å². The zero-order valence-electron chi connectivity index (χ0n) is 24.5. The molecule has 212 valence electrons. The highest BCUT2D eigenvalue weighted by Crippen LogP contribution is 2.49. The van der Waals surface area contributed by atoms with Gasteiger partial charge in [0.2, 0.25) is 5.95 Å². The molecule has 1 aliphatic rings. The van der Waals surface area contributed by atoms with Gasteiger partial charge in [-0.3, -0.25) is 4.57 Å². The van der Waals surface area contributed by atoms with Crippen molar-refractivity contribution in [1.29, 1.82) is 0 Å². The molecular weight excluding hydrogens is 579 g/mol. The van der Waals surface area contributed by atoms with Crippen LogP contribution in [0.25, 0.3) is 93.4 Å². The molecule has 0 amide bonds. The van der Waals surface area contributed by atoms with Crippen molar-refractivity contribution < 1.29 is 0 Å². The lowest BCUT2D eigenvalue weighted by Crippen LogP contribution is -2.05. The zero-order chi connectivity index (χ0) is 29.9. The van der Waals surface area contributed by atoms with Crippen LogP contribution in [-0.4, -0.2) is 14.5 Å². The molecule has 4 heteroatoms. The Morgan fingerprint density at radius 3 is 2.20 bits per heavy atom.